The van der Waals surface area contributed by atoms with Crippen LogP contribution in [0.15, 0.2) is 54.6 Å². The lowest BCUT2D eigenvalue weighted by molar-refractivity contribution is -0.139. The molecule has 0 aliphatic rings. The molecule has 2 amide bonds. The summed E-state index contributed by atoms with van der Waals surface area (Å²) in [5.74, 6) is -0.310. The molecule has 0 heterocycles. The van der Waals surface area contributed by atoms with E-state index in [0.29, 0.717) is 18.6 Å². The lowest BCUT2D eigenvalue weighted by Crippen LogP contribution is -2.56. The lowest BCUT2D eigenvalue weighted by atomic mass is 10.2. The number of aromatic hydroxyl groups is 1. The molecule has 0 aliphatic carbocycles. The SMILES string of the molecule is CCCC.CCCCN(C)CC(NC(=O)OCc1ccccc1)N(CC=O)C(=O)CO.Cc1ccc(O)cc1. The number of likely N-dealkylation sites (N-methyl/N-ethyl adjacent to an activating group) is 1. The van der Waals surface area contributed by atoms with E-state index in [9.17, 15) is 19.5 Å². The molecule has 0 fully saturated rings. The Balaban J connectivity index is 0.000000986. The Morgan fingerprint density at radius 1 is 1.00 bits per heavy atom. The third-order valence-corrected chi connectivity index (χ3v) is 5.51. The number of phenolic OH excluding ortho intramolecular Hbond substituents is 1. The van der Waals surface area contributed by atoms with Gasteiger partial charge in [-0.15, -0.1) is 0 Å². The second-order valence-corrected chi connectivity index (χ2v) is 9.04. The number of unbranched alkanes of at least 4 members (excludes halogenated alkanes) is 2. The van der Waals surface area contributed by atoms with E-state index in [1.165, 1.54) is 18.4 Å². The topological polar surface area (TPSA) is 119 Å². The standard InChI is InChI=1S/C19H29N3O5.C7H8O.C4H10/c1-3-4-10-21(2)13-17(22(11-12-23)18(25)14-24)20-19(26)27-15-16-8-6-5-7-9-16;1-6-2-4-7(8)5-3-6;1-3-4-2/h5-9,12,17,24H,3-4,10-11,13-15H2,1-2H3,(H,20,26);2-5,8H,1H3;3-4H2,1-2H3. The van der Waals surface area contributed by atoms with Crippen molar-refractivity contribution in [1.82, 2.24) is 15.1 Å². The van der Waals surface area contributed by atoms with E-state index in [1.807, 2.05) is 61.3 Å². The number of hydrogen-bond donors (Lipinski definition) is 3. The normalized spacial score (nSPS) is 10.7. The second kappa shape index (κ2) is 22.5. The predicted octanol–water partition coefficient (Wildman–Crippen LogP) is 4.50. The van der Waals surface area contributed by atoms with Gasteiger partial charge < -0.3 is 29.5 Å². The highest BCUT2D eigenvalue weighted by molar-refractivity contribution is 5.80. The number of carbonyl (C=O) groups is 3. The van der Waals surface area contributed by atoms with Crippen LogP contribution in [0.4, 0.5) is 4.79 Å². The molecule has 0 aliphatic heterocycles. The van der Waals surface area contributed by atoms with Crippen LogP contribution < -0.4 is 5.32 Å². The minimum absolute atomic E-state index is 0.0900. The Labute approximate surface area is 233 Å². The van der Waals surface area contributed by atoms with Crippen LogP contribution in [-0.2, 0) is 20.9 Å². The lowest BCUT2D eigenvalue weighted by Gasteiger charge is -2.33. The Bertz CT molecular complexity index is 886. The van der Waals surface area contributed by atoms with E-state index in [0.717, 1.165) is 29.8 Å². The summed E-state index contributed by atoms with van der Waals surface area (Å²) in [6, 6.07) is 16.3. The van der Waals surface area contributed by atoms with Crippen molar-refractivity contribution in [2.24, 2.45) is 0 Å². The summed E-state index contributed by atoms with van der Waals surface area (Å²) in [6.45, 7) is 8.61. The van der Waals surface area contributed by atoms with Gasteiger partial charge in [0.2, 0.25) is 5.91 Å². The number of nitrogens with zero attached hydrogens (tertiary/aromatic N) is 2. The first-order valence-corrected chi connectivity index (χ1v) is 13.5. The number of carbonyl (C=O) groups excluding carboxylic acids is 3. The van der Waals surface area contributed by atoms with Gasteiger partial charge in [0.25, 0.3) is 0 Å². The highest BCUT2D eigenvalue weighted by Gasteiger charge is 2.26. The first-order valence-electron chi connectivity index (χ1n) is 13.5. The van der Waals surface area contributed by atoms with E-state index in [1.54, 1.807) is 12.1 Å². The van der Waals surface area contributed by atoms with Gasteiger partial charge >= 0.3 is 6.09 Å². The molecular weight excluding hydrogens is 498 g/mol. The molecule has 0 aromatic heterocycles. The minimum Gasteiger partial charge on any atom is -0.508 e. The van der Waals surface area contributed by atoms with Crippen LogP contribution in [0.3, 0.4) is 0 Å². The summed E-state index contributed by atoms with van der Waals surface area (Å²) in [6.07, 6.45) is 3.68. The zero-order valence-electron chi connectivity index (χ0n) is 24.1. The van der Waals surface area contributed by atoms with Gasteiger partial charge in [0.15, 0.2) is 0 Å². The number of phenols is 1. The van der Waals surface area contributed by atoms with Crippen LogP contribution in [0.2, 0.25) is 0 Å². The van der Waals surface area contributed by atoms with Crippen molar-refractivity contribution in [1.29, 1.82) is 0 Å². The number of alkyl carbamates (subject to hydrolysis) is 1. The number of aryl methyl sites for hydroxylation is 1. The first kappa shape index (κ1) is 35.6. The van der Waals surface area contributed by atoms with Gasteiger partial charge in [-0.3, -0.25) is 10.1 Å². The van der Waals surface area contributed by atoms with Crippen molar-refractivity contribution < 1.29 is 29.3 Å². The second-order valence-electron chi connectivity index (χ2n) is 9.04. The van der Waals surface area contributed by atoms with E-state index in [2.05, 4.69) is 26.1 Å². The predicted molar refractivity (Wildman–Crippen MR) is 154 cm³/mol. The van der Waals surface area contributed by atoms with Crippen LogP contribution in [0.5, 0.6) is 5.75 Å². The van der Waals surface area contributed by atoms with Crippen molar-refractivity contribution in [3.05, 3.63) is 65.7 Å². The van der Waals surface area contributed by atoms with Crippen molar-refractivity contribution in [3.8, 4) is 5.75 Å². The Kier molecular flexibility index (Phi) is 20.6. The fourth-order valence-electron chi connectivity index (χ4n) is 3.06. The van der Waals surface area contributed by atoms with Gasteiger partial charge in [0.05, 0.1) is 6.54 Å². The van der Waals surface area contributed by atoms with Crippen molar-refractivity contribution >= 4 is 18.3 Å². The number of aliphatic hydroxyl groups excluding tert-OH is 1. The molecule has 2 rings (SSSR count). The molecule has 0 radical (unpaired) electrons. The zero-order chi connectivity index (χ0) is 29.5. The maximum atomic E-state index is 12.2. The largest absolute Gasteiger partial charge is 0.508 e. The molecule has 0 bridgehead atoms. The van der Waals surface area contributed by atoms with Gasteiger partial charge in [-0.25, -0.2) is 4.79 Å². The average molecular weight is 546 g/mol. The molecule has 9 nitrogen and oxygen atoms in total. The molecule has 2 aromatic carbocycles. The Morgan fingerprint density at radius 3 is 2.10 bits per heavy atom. The van der Waals surface area contributed by atoms with Crippen molar-refractivity contribution in [3.63, 3.8) is 0 Å². The molecule has 3 N–H and O–H groups in total. The molecular formula is C30H47N3O6. The molecule has 39 heavy (non-hydrogen) atoms. The number of benzene rings is 2. The molecule has 2 aromatic rings. The summed E-state index contributed by atoms with van der Waals surface area (Å²) in [4.78, 5) is 38.3. The average Bonchev–Trinajstić information content (AvgIpc) is 2.95. The molecule has 9 heteroatoms. The van der Waals surface area contributed by atoms with E-state index < -0.39 is 24.8 Å². The minimum atomic E-state index is -0.792. The van der Waals surface area contributed by atoms with Gasteiger partial charge in [-0.2, -0.15) is 0 Å². The first-order chi connectivity index (χ1) is 18.7. The van der Waals surface area contributed by atoms with Gasteiger partial charge in [-0.1, -0.05) is 88.1 Å². The van der Waals surface area contributed by atoms with Gasteiger partial charge in [0, 0.05) is 6.54 Å². The third kappa shape index (κ3) is 17.7. The fourth-order valence-corrected chi connectivity index (χ4v) is 3.06. The third-order valence-electron chi connectivity index (χ3n) is 5.51. The maximum absolute atomic E-state index is 12.2. The fraction of sp³-hybridized carbons (Fsp3) is 0.500. The zero-order valence-corrected chi connectivity index (χ0v) is 24.1. The van der Waals surface area contributed by atoms with E-state index in [-0.39, 0.29) is 13.2 Å². The Morgan fingerprint density at radius 2 is 1.62 bits per heavy atom. The van der Waals surface area contributed by atoms with E-state index in [4.69, 9.17) is 9.84 Å². The number of nitrogens with one attached hydrogen (secondary N) is 1. The summed E-state index contributed by atoms with van der Waals surface area (Å²) in [7, 11) is 1.86. The molecule has 0 saturated carbocycles. The summed E-state index contributed by atoms with van der Waals surface area (Å²) < 4.78 is 5.21. The number of hydrogen-bond acceptors (Lipinski definition) is 7. The maximum Gasteiger partial charge on any atom is 0.409 e. The van der Waals surface area contributed by atoms with Crippen LogP contribution in [-0.4, -0.2) is 77.8 Å². The smallest absolute Gasteiger partial charge is 0.409 e. The summed E-state index contributed by atoms with van der Waals surface area (Å²) >= 11 is 0. The molecule has 0 spiro atoms. The highest BCUT2D eigenvalue weighted by atomic mass is 16.5. The van der Waals surface area contributed by atoms with E-state index >= 15 is 0 Å². The number of rotatable bonds is 13. The van der Waals surface area contributed by atoms with Crippen LogP contribution in [0.1, 0.15) is 57.6 Å². The highest BCUT2D eigenvalue weighted by Crippen LogP contribution is 2.07. The molecule has 218 valence electrons. The van der Waals surface area contributed by atoms with Crippen molar-refractivity contribution in [2.45, 2.75) is 66.2 Å². The van der Waals surface area contributed by atoms with Crippen LogP contribution in [0, 0.1) is 6.92 Å². The molecule has 1 atom stereocenters. The quantitative estimate of drug-likeness (QED) is 0.250. The summed E-state index contributed by atoms with van der Waals surface area (Å²) in [5.41, 5.74) is 2.00. The Hall–Kier alpha value is -3.43. The van der Waals surface area contributed by atoms with Gasteiger partial charge in [-0.05, 0) is 44.6 Å². The van der Waals surface area contributed by atoms with Crippen molar-refractivity contribution in [2.75, 3.05) is 33.3 Å². The monoisotopic (exact) mass is 545 g/mol. The number of amides is 2. The van der Waals surface area contributed by atoms with Crippen LogP contribution in [0.25, 0.3) is 0 Å². The van der Waals surface area contributed by atoms with Gasteiger partial charge in [0.1, 0.15) is 31.4 Å². The summed E-state index contributed by atoms with van der Waals surface area (Å²) in [5, 5.41) is 20.6. The number of aliphatic hydroxyl groups is 1. The number of ether oxygens (including phenoxy) is 1. The molecule has 0 saturated heterocycles. The number of aldehydes is 1. The molecule has 1 unspecified atom stereocenters. The van der Waals surface area contributed by atoms with Crippen LogP contribution >= 0.6 is 0 Å².